The number of para-hydroxylation sites is 1. The Labute approximate surface area is 156 Å². The molecule has 0 saturated carbocycles. The number of nitrogens with zero attached hydrogens (tertiary/aromatic N) is 2. The number of methoxy groups -OCH3 is 2. The van der Waals surface area contributed by atoms with E-state index in [1.807, 2.05) is 23.1 Å². The van der Waals surface area contributed by atoms with Gasteiger partial charge in [-0.2, -0.15) is 0 Å². The fourth-order valence-corrected chi connectivity index (χ4v) is 4.07. The summed E-state index contributed by atoms with van der Waals surface area (Å²) in [5, 5.41) is 3.06. The molecule has 1 aromatic carbocycles. The van der Waals surface area contributed by atoms with Crippen LogP contribution in [-0.2, 0) is 6.42 Å². The molecule has 2 aliphatic rings. The van der Waals surface area contributed by atoms with Crippen molar-refractivity contribution in [2.75, 3.05) is 46.9 Å². The zero-order valence-electron chi connectivity index (χ0n) is 16.0. The fourth-order valence-electron chi connectivity index (χ4n) is 4.07. The molecule has 26 heavy (non-hydrogen) atoms. The molecule has 0 bridgehead atoms. The highest BCUT2D eigenvalue weighted by molar-refractivity contribution is 5.74. The van der Waals surface area contributed by atoms with Crippen LogP contribution < -0.4 is 14.8 Å². The zero-order valence-corrected chi connectivity index (χ0v) is 16.0. The van der Waals surface area contributed by atoms with E-state index in [1.54, 1.807) is 14.2 Å². The number of likely N-dealkylation sites (tertiary alicyclic amines) is 2. The number of hydrogen-bond acceptors (Lipinski definition) is 4. The Hall–Kier alpha value is -1.95. The van der Waals surface area contributed by atoms with Gasteiger partial charge in [-0.05, 0) is 50.4 Å². The first-order valence-electron chi connectivity index (χ1n) is 9.69. The minimum Gasteiger partial charge on any atom is -0.493 e. The van der Waals surface area contributed by atoms with E-state index in [2.05, 4.69) is 10.2 Å². The van der Waals surface area contributed by atoms with Crippen molar-refractivity contribution in [2.45, 2.75) is 38.1 Å². The van der Waals surface area contributed by atoms with E-state index in [1.165, 1.54) is 32.4 Å². The molecule has 0 aromatic heterocycles. The first-order chi connectivity index (χ1) is 12.7. The second-order valence-corrected chi connectivity index (χ2v) is 7.12. The lowest BCUT2D eigenvalue weighted by Gasteiger charge is -2.32. The van der Waals surface area contributed by atoms with Crippen LogP contribution in [0.25, 0.3) is 0 Å². The first kappa shape index (κ1) is 18.8. The van der Waals surface area contributed by atoms with Gasteiger partial charge in [0.1, 0.15) is 0 Å². The lowest BCUT2D eigenvalue weighted by atomic mass is 10.1. The van der Waals surface area contributed by atoms with Gasteiger partial charge in [0.2, 0.25) is 0 Å². The van der Waals surface area contributed by atoms with Crippen LogP contribution in [0, 0.1) is 0 Å². The number of nitrogens with one attached hydrogen (secondary N) is 1. The van der Waals surface area contributed by atoms with E-state index in [0.29, 0.717) is 12.6 Å². The average Bonchev–Trinajstić information content (AvgIpc) is 3.18. The van der Waals surface area contributed by atoms with E-state index in [4.69, 9.17) is 9.47 Å². The van der Waals surface area contributed by atoms with Crippen LogP contribution in [0.3, 0.4) is 0 Å². The number of carbonyl (C=O) groups excluding carboxylic acids is 1. The van der Waals surface area contributed by atoms with Gasteiger partial charge < -0.3 is 19.7 Å². The highest BCUT2D eigenvalue weighted by Gasteiger charge is 2.30. The normalized spacial score (nSPS) is 20.8. The Balaban J connectivity index is 1.46. The van der Waals surface area contributed by atoms with Gasteiger partial charge in [-0.25, -0.2) is 4.79 Å². The first-order valence-corrected chi connectivity index (χ1v) is 9.69. The quantitative estimate of drug-likeness (QED) is 0.846. The predicted octanol–water partition coefficient (Wildman–Crippen LogP) is 2.52. The topological polar surface area (TPSA) is 54.0 Å². The lowest BCUT2D eigenvalue weighted by molar-refractivity contribution is 0.161. The summed E-state index contributed by atoms with van der Waals surface area (Å²) in [6, 6.07) is 6.43. The van der Waals surface area contributed by atoms with Gasteiger partial charge in [0, 0.05) is 25.7 Å². The molecule has 2 amide bonds. The van der Waals surface area contributed by atoms with E-state index < -0.39 is 0 Å². The summed E-state index contributed by atoms with van der Waals surface area (Å²) in [6.45, 7) is 4.68. The molecular formula is C20H31N3O3. The van der Waals surface area contributed by atoms with Crippen LogP contribution >= 0.6 is 0 Å². The van der Waals surface area contributed by atoms with E-state index in [-0.39, 0.29) is 6.03 Å². The van der Waals surface area contributed by atoms with Crippen LogP contribution in [0.2, 0.25) is 0 Å². The second kappa shape index (κ2) is 9.12. The molecule has 2 saturated heterocycles. The minimum atomic E-state index is 0.0476. The van der Waals surface area contributed by atoms with Gasteiger partial charge in [0.15, 0.2) is 11.5 Å². The third-order valence-corrected chi connectivity index (χ3v) is 5.51. The smallest absolute Gasteiger partial charge is 0.317 e. The number of benzene rings is 1. The van der Waals surface area contributed by atoms with Crippen molar-refractivity contribution in [3.05, 3.63) is 23.8 Å². The maximum Gasteiger partial charge on any atom is 0.317 e. The zero-order chi connectivity index (χ0) is 18.4. The number of piperidine rings is 1. The van der Waals surface area contributed by atoms with Crippen LogP contribution in [0.1, 0.15) is 31.2 Å². The maximum absolute atomic E-state index is 12.5. The third-order valence-electron chi connectivity index (χ3n) is 5.51. The summed E-state index contributed by atoms with van der Waals surface area (Å²) in [5.74, 6) is 1.47. The van der Waals surface area contributed by atoms with Crippen molar-refractivity contribution in [3.8, 4) is 11.5 Å². The summed E-state index contributed by atoms with van der Waals surface area (Å²) >= 11 is 0. The number of hydrogen-bond donors (Lipinski definition) is 1. The van der Waals surface area contributed by atoms with Gasteiger partial charge in [0.05, 0.1) is 14.2 Å². The monoisotopic (exact) mass is 361 g/mol. The standard InChI is InChI=1S/C20H31N3O3/c1-25-18-8-6-7-16(19(18)26-2)9-11-21-20(24)23-14-10-17(15-23)22-12-4-3-5-13-22/h6-8,17H,3-5,9-15H2,1-2H3,(H,21,24). The SMILES string of the molecule is COc1cccc(CCNC(=O)N2CCC(N3CCCCC3)C2)c1OC. The molecule has 6 heteroatoms. The van der Waals surface area contributed by atoms with Crippen LogP contribution in [0.4, 0.5) is 4.79 Å². The minimum absolute atomic E-state index is 0.0476. The Kier molecular flexibility index (Phi) is 6.61. The van der Waals surface area contributed by atoms with Crippen LogP contribution in [-0.4, -0.2) is 68.8 Å². The second-order valence-electron chi connectivity index (χ2n) is 7.12. The Morgan fingerprint density at radius 3 is 2.69 bits per heavy atom. The molecule has 1 N–H and O–H groups in total. The van der Waals surface area contributed by atoms with Gasteiger partial charge in [0.25, 0.3) is 0 Å². The molecule has 2 heterocycles. The van der Waals surface area contributed by atoms with Crippen molar-refractivity contribution in [2.24, 2.45) is 0 Å². The molecule has 3 rings (SSSR count). The molecule has 144 valence electrons. The van der Waals surface area contributed by atoms with Gasteiger partial charge >= 0.3 is 6.03 Å². The number of ether oxygens (including phenoxy) is 2. The number of amides is 2. The lowest BCUT2D eigenvalue weighted by Crippen LogP contribution is -2.44. The molecule has 0 aliphatic carbocycles. The molecule has 1 aromatic rings. The largest absolute Gasteiger partial charge is 0.493 e. The Bertz CT molecular complexity index is 602. The summed E-state index contributed by atoms with van der Waals surface area (Å²) in [4.78, 5) is 17.0. The molecule has 1 atom stereocenters. The maximum atomic E-state index is 12.5. The average molecular weight is 361 g/mol. The number of carbonyl (C=O) groups is 1. The van der Waals surface area contributed by atoms with Gasteiger partial charge in [-0.15, -0.1) is 0 Å². The van der Waals surface area contributed by atoms with Crippen molar-refractivity contribution >= 4 is 6.03 Å². The number of urea groups is 1. The fraction of sp³-hybridized carbons (Fsp3) is 0.650. The summed E-state index contributed by atoms with van der Waals surface area (Å²) in [6.07, 6.45) is 5.75. The summed E-state index contributed by atoms with van der Waals surface area (Å²) in [7, 11) is 3.28. The molecule has 0 spiro atoms. The van der Waals surface area contributed by atoms with Gasteiger partial charge in [-0.3, -0.25) is 4.90 Å². The van der Waals surface area contributed by atoms with Crippen molar-refractivity contribution in [3.63, 3.8) is 0 Å². The summed E-state index contributed by atoms with van der Waals surface area (Å²) in [5.41, 5.74) is 1.04. The molecule has 0 radical (unpaired) electrons. The third kappa shape index (κ3) is 4.41. The van der Waals surface area contributed by atoms with E-state index in [9.17, 15) is 4.79 Å². The van der Waals surface area contributed by atoms with E-state index in [0.717, 1.165) is 43.0 Å². The van der Waals surface area contributed by atoms with Crippen molar-refractivity contribution in [1.82, 2.24) is 15.1 Å². The predicted molar refractivity (Wildman–Crippen MR) is 102 cm³/mol. The van der Waals surface area contributed by atoms with Crippen LogP contribution in [0.15, 0.2) is 18.2 Å². The Morgan fingerprint density at radius 2 is 1.96 bits per heavy atom. The van der Waals surface area contributed by atoms with Crippen molar-refractivity contribution < 1.29 is 14.3 Å². The van der Waals surface area contributed by atoms with Gasteiger partial charge in [-0.1, -0.05) is 18.6 Å². The van der Waals surface area contributed by atoms with E-state index >= 15 is 0 Å². The molecule has 6 nitrogen and oxygen atoms in total. The molecule has 1 unspecified atom stereocenters. The van der Waals surface area contributed by atoms with Crippen molar-refractivity contribution in [1.29, 1.82) is 0 Å². The highest BCUT2D eigenvalue weighted by Crippen LogP contribution is 2.30. The highest BCUT2D eigenvalue weighted by atomic mass is 16.5. The Morgan fingerprint density at radius 1 is 1.15 bits per heavy atom. The van der Waals surface area contributed by atoms with Crippen LogP contribution in [0.5, 0.6) is 11.5 Å². The molecular weight excluding hydrogens is 330 g/mol. The molecule has 2 fully saturated rings. The molecule has 2 aliphatic heterocycles. The summed E-state index contributed by atoms with van der Waals surface area (Å²) < 4.78 is 10.8. The number of rotatable bonds is 6.